The van der Waals surface area contributed by atoms with E-state index in [0.29, 0.717) is 0 Å². The van der Waals surface area contributed by atoms with Gasteiger partial charge in [0, 0.05) is 27.7 Å². The molecule has 1 heterocycles. The van der Waals surface area contributed by atoms with Gasteiger partial charge < -0.3 is 33.9 Å². The van der Waals surface area contributed by atoms with Crippen LogP contribution < -0.4 is 5.32 Å². The predicted octanol–water partition coefficient (Wildman–Crippen LogP) is 0.0801. The molecular weight excluding hydrogens is 456 g/mol. The molecule has 1 aliphatic rings. The summed E-state index contributed by atoms with van der Waals surface area (Å²) in [6, 6.07) is -1.11. The molecule has 0 aliphatic carbocycles. The molecule has 1 fully saturated rings. The molecule has 13 nitrogen and oxygen atoms in total. The third kappa shape index (κ3) is 9.63. The fraction of sp³-hybridized carbons (Fsp3) is 0.714. The van der Waals surface area contributed by atoms with Crippen LogP contribution in [-0.4, -0.2) is 90.4 Å². The Morgan fingerprint density at radius 3 is 1.82 bits per heavy atom. The van der Waals surface area contributed by atoms with Crippen molar-refractivity contribution in [3.63, 3.8) is 0 Å². The van der Waals surface area contributed by atoms with Crippen LogP contribution in [0.4, 0.5) is 4.79 Å². The number of likely N-dealkylation sites (tertiary alicyclic amines) is 1. The van der Waals surface area contributed by atoms with Gasteiger partial charge in [-0.2, -0.15) is 0 Å². The van der Waals surface area contributed by atoms with Gasteiger partial charge in [0.2, 0.25) is 5.91 Å². The van der Waals surface area contributed by atoms with Crippen LogP contribution >= 0.6 is 0 Å². The SMILES string of the molecule is CC(=O)OC[C@@H]1[C@@H](OC(C)=O)[C@H](OC(C)=O)[C@@H](OC(C)=O)CN1C(=O)CNC(=O)OC(C)(C)C. The van der Waals surface area contributed by atoms with Crippen molar-refractivity contribution in [2.75, 3.05) is 19.7 Å². The number of hydrogen-bond acceptors (Lipinski definition) is 11. The lowest BCUT2D eigenvalue weighted by molar-refractivity contribution is -0.208. The second-order valence-corrected chi connectivity index (χ2v) is 8.57. The van der Waals surface area contributed by atoms with Gasteiger partial charge in [0.1, 0.15) is 24.8 Å². The quantitative estimate of drug-likeness (QED) is 0.381. The molecule has 0 saturated carbocycles. The summed E-state index contributed by atoms with van der Waals surface area (Å²) >= 11 is 0. The molecule has 2 amide bonds. The average Bonchev–Trinajstić information content (AvgIpc) is 2.64. The van der Waals surface area contributed by atoms with Crippen LogP contribution in [0, 0.1) is 0 Å². The fourth-order valence-electron chi connectivity index (χ4n) is 3.27. The van der Waals surface area contributed by atoms with Gasteiger partial charge in [0.15, 0.2) is 18.3 Å². The summed E-state index contributed by atoms with van der Waals surface area (Å²) in [5.74, 6) is -3.62. The van der Waals surface area contributed by atoms with Crippen molar-refractivity contribution < 1.29 is 52.5 Å². The van der Waals surface area contributed by atoms with Gasteiger partial charge in [-0.05, 0) is 20.8 Å². The molecule has 0 radical (unpaired) electrons. The maximum absolute atomic E-state index is 13.0. The highest BCUT2D eigenvalue weighted by atomic mass is 16.6. The van der Waals surface area contributed by atoms with Gasteiger partial charge in [-0.3, -0.25) is 24.0 Å². The molecular formula is C21H32N2O11. The first-order valence-electron chi connectivity index (χ1n) is 10.5. The molecule has 0 bridgehead atoms. The minimum absolute atomic E-state index is 0.296. The number of piperidine rings is 1. The van der Waals surface area contributed by atoms with E-state index in [1.807, 2.05) is 0 Å². The topological polar surface area (TPSA) is 164 Å². The van der Waals surface area contributed by atoms with E-state index >= 15 is 0 Å². The maximum Gasteiger partial charge on any atom is 0.408 e. The minimum Gasteiger partial charge on any atom is -0.464 e. The first-order valence-corrected chi connectivity index (χ1v) is 10.5. The van der Waals surface area contributed by atoms with Gasteiger partial charge in [-0.25, -0.2) is 4.79 Å². The first-order chi connectivity index (χ1) is 15.6. The van der Waals surface area contributed by atoms with Crippen LogP contribution in [0.1, 0.15) is 48.5 Å². The van der Waals surface area contributed by atoms with E-state index in [2.05, 4.69) is 5.32 Å². The Balaban J connectivity index is 3.29. The Kier molecular flexibility index (Phi) is 10.3. The summed E-state index contributed by atoms with van der Waals surface area (Å²) in [5.41, 5.74) is -0.797. The first kappa shape index (κ1) is 28.7. The van der Waals surface area contributed by atoms with Crippen LogP contribution in [0.2, 0.25) is 0 Å². The number of hydrogen-bond donors (Lipinski definition) is 1. The van der Waals surface area contributed by atoms with Crippen LogP contribution in [0.5, 0.6) is 0 Å². The summed E-state index contributed by atoms with van der Waals surface area (Å²) in [5, 5.41) is 2.32. The highest BCUT2D eigenvalue weighted by molar-refractivity contribution is 5.83. The molecule has 1 saturated heterocycles. The standard InChI is InChI=1S/C21H32N2O11/c1-11(24)30-10-15-18(32-13(3)26)19(33-14(4)27)16(31-12(2)25)9-23(15)17(28)8-22-20(29)34-21(5,6)7/h15-16,18-19H,8-10H2,1-7H3,(H,22,29)/t15-,16+,18-,19-/m1/s1. The van der Waals surface area contributed by atoms with E-state index in [1.54, 1.807) is 20.8 Å². The Hall–Kier alpha value is -3.38. The van der Waals surface area contributed by atoms with E-state index < -0.39 is 79.0 Å². The Bertz CT molecular complexity index is 805. The molecule has 0 aromatic carbocycles. The molecule has 0 unspecified atom stereocenters. The predicted molar refractivity (Wildman–Crippen MR) is 113 cm³/mol. The number of alkyl carbamates (subject to hydrolysis) is 1. The molecule has 13 heteroatoms. The number of nitrogens with zero attached hydrogens (tertiary/aromatic N) is 1. The molecule has 0 aromatic rings. The smallest absolute Gasteiger partial charge is 0.408 e. The molecule has 1 N–H and O–H groups in total. The van der Waals surface area contributed by atoms with Gasteiger partial charge >= 0.3 is 30.0 Å². The number of carbonyl (C=O) groups excluding carboxylic acids is 6. The third-order valence-corrected chi connectivity index (χ3v) is 4.33. The molecule has 192 valence electrons. The van der Waals surface area contributed by atoms with Crippen molar-refractivity contribution >= 4 is 35.9 Å². The largest absolute Gasteiger partial charge is 0.464 e. The number of nitrogens with one attached hydrogen (secondary N) is 1. The molecule has 0 aromatic heterocycles. The molecule has 1 aliphatic heterocycles. The van der Waals surface area contributed by atoms with Crippen LogP contribution in [0.15, 0.2) is 0 Å². The Morgan fingerprint density at radius 2 is 1.35 bits per heavy atom. The van der Waals surface area contributed by atoms with Crippen molar-refractivity contribution in [2.45, 2.75) is 78.4 Å². The average molecular weight is 488 g/mol. The van der Waals surface area contributed by atoms with E-state index in [0.717, 1.165) is 32.6 Å². The second-order valence-electron chi connectivity index (χ2n) is 8.57. The molecule has 1 rings (SSSR count). The van der Waals surface area contributed by atoms with E-state index in [9.17, 15) is 28.8 Å². The summed E-state index contributed by atoms with van der Waals surface area (Å²) < 4.78 is 26.0. The normalized spacial score (nSPS) is 22.1. The number of amides is 2. The summed E-state index contributed by atoms with van der Waals surface area (Å²) in [4.78, 5) is 72.8. The Labute approximate surface area is 197 Å². The fourth-order valence-corrected chi connectivity index (χ4v) is 3.27. The van der Waals surface area contributed by atoms with Gasteiger partial charge in [-0.1, -0.05) is 0 Å². The molecule has 34 heavy (non-hydrogen) atoms. The highest BCUT2D eigenvalue weighted by Gasteiger charge is 2.51. The third-order valence-electron chi connectivity index (χ3n) is 4.33. The lowest BCUT2D eigenvalue weighted by Crippen LogP contribution is -2.67. The zero-order valence-corrected chi connectivity index (χ0v) is 20.4. The zero-order chi connectivity index (χ0) is 26.2. The van der Waals surface area contributed by atoms with E-state index in [1.165, 1.54) is 0 Å². The molecule has 0 spiro atoms. The van der Waals surface area contributed by atoms with Crippen molar-refractivity contribution in [1.29, 1.82) is 0 Å². The number of rotatable bonds is 7. The second kappa shape index (κ2) is 12.2. The van der Waals surface area contributed by atoms with E-state index in [-0.39, 0.29) is 6.54 Å². The monoisotopic (exact) mass is 488 g/mol. The highest BCUT2D eigenvalue weighted by Crippen LogP contribution is 2.27. The van der Waals surface area contributed by atoms with Gasteiger partial charge in [0.05, 0.1) is 6.54 Å². The maximum atomic E-state index is 13.0. The van der Waals surface area contributed by atoms with Gasteiger partial charge in [0.25, 0.3) is 0 Å². The molecule has 4 atom stereocenters. The van der Waals surface area contributed by atoms with Crippen molar-refractivity contribution in [3.05, 3.63) is 0 Å². The van der Waals surface area contributed by atoms with Crippen molar-refractivity contribution in [1.82, 2.24) is 10.2 Å². The van der Waals surface area contributed by atoms with Crippen LogP contribution in [-0.2, 0) is 47.7 Å². The van der Waals surface area contributed by atoms with Crippen LogP contribution in [0.3, 0.4) is 0 Å². The van der Waals surface area contributed by atoms with Crippen LogP contribution in [0.25, 0.3) is 0 Å². The lowest BCUT2D eigenvalue weighted by atomic mass is 9.93. The van der Waals surface area contributed by atoms with Crippen molar-refractivity contribution in [2.24, 2.45) is 0 Å². The van der Waals surface area contributed by atoms with E-state index in [4.69, 9.17) is 23.7 Å². The Morgan fingerprint density at radius 1 is 0.824 bits per heavy atom. The lowest BCUT2D eigenvalue weighted by Gasteiger charge is -2.46. The summed E-state index contributed by atoms with van der Waals surface area (Å²) in [6.45, 7) is 8.18. The summed E-state index contributed by atoms with van der Waals surface area (Å²) in [6.07, 6.45) is -4.68. The number of carbonyl (C=O) groups is 6. The summed E-state index contributed by atoms with van der Waals surface area (Å²) in [7, 11) is 0. The zero-order valence-electron chi connectivity index (χ0n) is 20.4. The van der Waals surface area contributed by atoms with Gasteiger partial charge in [-0.15, -0.1) is 0 Å². The number of ether oxygens (including phenoxy) is 5. The van der Waals surface area contributed by atoms with Crippen molar-refractivity contribution in [3.8, 4) is 0 Å². The number of esters is 4. The minimum atomic E-state index is -1.34.